The third-order valence-corrected chi connectivity index (χ3v) is 6.77. The van der Waals surface area contributed by atoms with Crippen LogP contribution in [0.25, 0.3) is 11.0 Å². The largest absolute Gasteiger partial charge is 0.451 e. The maximum absolute atomic E-state index is 12.7. The van der Waals surface area contributed by atoms with Crippen molar-refractivity contribution in [2.45, 2.75) is 24.5 Å². The summed E-state index contributed by atoms with van der Waals surface area (Å²) in [6.07, 6.45) is 5.88. The highest BCUT2D eigenvalue weighted by atomic mass is 16.5. The van der Waals surface area contributed by atoms with Crippen LogP contribution in [0.4, 0.5) is 5.95 Å². The number of fused-ring (bicyclic) bond motifs is 2. The molecule has 0 saturated carbocycles. The zero-order chi connectivity index (χ0) is 19.4. The molecule has 5 heterocycles. The number of para-hydroxylation sites is 1. The van der Waals surface area contributed by atoms with Crippen LogP contribution < -0.4 is 10.2 Å². The number of rotatable bonds is 4. The quantitative estimate of drug-likeness (QED) is 0.738. The first kappa shape index (κ1) is 17.0. The summed E-state index contributed by atoms with van der Waals surface area (Å²) in [6, 6.07) is 11.3. The Kier molecular flexibility index (Phi) is 3.68. The first-order chi connectivity index (χ1) is 14.2. The molecule has 1 spiro atoms. The second-order valence-electron chi connectivity index (χ2n) is 8.32. The van der Waals surface area contributed by atoms with Crippen LogP contribution in [0.5, 0.6) is 0 Å². The molecule has 7 nitrogen and oxygen atoms in total. The molecule has 148 valence electrons. The fraction of sp³-hybridized carbons (Fsp3) is 0.409. The van der Waals surface area contributed by atoms with Gasteiger partial charge in [0.25, 0.3) is 5.91 Å². The molecule has 3 aliphatic rings. The first-order valence-electron chi connectivity index (χ1n) is 10.2. The van der Waals surface area contributed by atoms with E-state index >= 15 is 0 Å². The van der Waals surface area contributed by atoms with E-state index in [1.54, 1.807) is 18.5 Å². The monoisotopic (exact) mass is 390 g/mol. The number of carbonyl (C=O) groups excluding carboxylic acids is 1. The summed E-state index contributed by atoms with van der Waals surface area (Å²) in [5.41, 5.74) is 0.604. The topological polar surface area (TPSA) is 80.5 Å². The van der Waals surface area contributed by atoms with E-state index in [4.69, 9.17) is 9.15 Å². The first-order valence-corrected chi connectivity index (χ1v) is 10.2. The lowest BCUT2D eigenvalue weighted by Crippen LogP contribution is -2.41. The van der Waals surface area contributed by atoms with Gasteiger partial charge in [-0.1, -0.05) is 18.2 Å². The predicted molar refractivity (Wildman–Crippen MR) is 107 cm³/mol. The molecule has 3 aliphatic heterocycles. The Bertz CT molecular complexity index is 1040. The lowest BCUT2D eigenvalue weighted by atomic mass is 9.73. The number of hydrogen-bond acceptors (Lipinski definition) is 6. The van der Waals surface area contributed by atoms with Crippen LogP contribution in [0, 0.1) is 11.8 Å². The number of benzene rings is 1. The van der Waals surface area contributed by atoms with Crippen LogP contribution in [0.1, 0.15) is 23.4 Å². The van der Waals surface area contributed by atoms with Gasteiger partial charge in [-0.25, -0.2) is 9.97 Å². The fourth-order valence-corrected chi connectivity index (χ4v) is 5.46. The fourth-order valence-electron chi connectivity index (χ4n) is 5.46. The summed E-state index contributed by atoms with van der Waals surface area (Å²) in [4.78, 5) is 23.7. The summed E-state index contributed by atoms with van der Waals surface area (Å²) in [5.74, 6) is 1.62. The SMILES string of the molecule is O=C(NC[C@H]1[C@H]2CN(c3ncccn3)C[C@]23CC[C@H]1O3)c1cc2ccccc2o1. The van der Waals surface area contributed by atoms with Crippen molar-refractivity contribution in [3.05, 3.63) is 54.6 Å². The number of hydrogen-bond donors (Lipinski definition) is 1. The van der Waals surface area contributed by atoms with Crippen molar-refractivity contribution in [2.75, 3.05) is 24.5 Å². The summed E-state index contributed by atoms with van der Waals surface area (Å²) < 4.78 is 12.2. The Morgan fingerprint density at radius 3 is 2.97 bits per heavy atom. The van der Waals surface area contributed by atoms with Crippen molar-refractivity contribution < 1.29 is 13.9 Å². The Balaban J connectivity index is 1.17. The molecule has 1 aromatic carbocycles. The number of ether oxygens (including phenoxy) is 1. The van der Waals surface area contributed by atoms with E-state index in [0.29, 0.717) is 24.1 Å². The second kappa shape index (κ2) is 6.29. The van der Waals surface area contributed by atoms with Crippen molar-refractivity contribution in [2.24, 2.45) is 11.8 Å². The summed E-state index contributed by atoms with van der Waals surface area (Å²) in [5, 5.41) is 4.03. The number of anilines is 1. The molecule has 3 aromatic rings. The number of amides is 1. The van der Waals surface area contributed by atoms with Crippen molar-refractivity contribution in [1.29, 1.82) is 0 Å². The van der Waals surface area contributed by atoms with Crippen LogP contribution in [0.2, 0.25) is 0 Å². The van der Waals surface area contributed by atoms with Crippen molar-refractivity contribution in [3.8, 4) is 0 Å². The van der Waals surface area contributed by atoms with E-state index in [1.165, 1.54) is 0 Å². The van der Waals surface area contributed by atoms with E-state index in [2.05, 4.69) is 20.2 Å². The third kappa shape index (κ3) is 2.64. The van der Waals surface area contributed by atoms with Gasteiger partial charge in [0.05, 0.1) is 18.2 Å². The highest BCUT2D eigenvalue weighted by Gasteiger charge is 2.63. The van der Waals surface area contributed by atoms with Crippen LogP contribution in [0.15, 0.2) is 53.2 Å². The minimum Gasteiger partial charge on any atom is -0.451 e. The molecule has 6 rings (SSSR count). The number of nitrogens with zero attached hydrogens (tertiary/aromatic N) is 3. The Hall–Kier alpha value is -2.93. The van der Waals surface area contributed by atoms with Gasteiger partial charge in [-0.3, -0.25) is 4.79 Å². The van der Waals surface area contributed by atoms with Gasteiger partial charge < -0.3 is 19.4 Å². The summed E-state index contributed by atoms with van der Waals surface area (Å²) in [6.45, 7) is 2.29. The molecule has 3 saturated heterocycles. The number of furan rings is 1. The van der Waals surface area contributed by atoms with Gasteiger partial charge in [0, 0.05) is 42.7 Å². The maximum atomic E-state index is 12.7. The lowest BCUT2D eigenvalue weighted by molar-refractivity contribution is 0.0141. The number of nitrogens with one attached hydrogen (secondary N) is 1. The minimum absolute atomic E-state index is 0.126. The smallest absolute Gasteiger partial charge is 0.287 e. The normalized spacial score (nSPS) is 30.1. The molecule has 2 aromatic heterocycles. The molecule has 0 unspecified atom stereocenters. The van der Waals surface area contributed by atoms with Crippen molar-refractivity contribution in [3.63, 3.8) is 0 Å². The van der Waals surface area contributed by atoms with Gasteiger partial charge in [-0.2, -0.15) is 0 Å². The second-order valence-corrected chi connectivity index (χ2v) is 8.32. The van der Waals surface area contributed by atoms with Crippen LogP contribution in [-0.2, 0) is 4.74 Å². The van der Waals surface area contributed by atoms with Crippen LogP contribution in [0.3, 0.4) is 0 Å². The molecule has 4 atom stereocenters. The Morgan fingerprint density at radius 2 is 2.10 bits per heavy atom. The van der Waals surface area contributed by atoms with Gasteiger partial charge in [0.2, 0.25) is 5.95 Å². The molecule has 0 aliphatic carbocycles. The average molecular weight is 390 g/mol. The highest BCUT2D eigenvalue weighted by Crippen LogP contribution is 2.54. The third-order valence-electron chi connectivity index (χ3n) is 6.77. The number of aromatic nitrogens is 2. The van der Waals surface area contributed by atoms with Crippen molar-refractivity contribution >= 4 is 22.8 Å². The standard InChI is InChI=1S/C22H22N4O3/c27-20(19-10-14-4-1-2-5-17(14)28-19)25-11-15-16-12-26(21-23-8-3-9-24-21)13-22(16)7-6-18(15)29-22/h1-5,8-10,15-16,18H,6-7,11-13H2,(H,25,27)/t15-,16+,18+,22+/m0/s1. The van der Waals surface area contributed by atoms with E-state index in [1.807, 2.05) is 30.3 Å². The zero-order valence-corrected chi connectivity index (χ0v) is 16.0. The molecule has 1 N–H and O–H groups in total. The van der Waals surface area contributed by atoms with Crippen LogP contribution in [-0.4, -0.2) is 47.2 Å². The molecular formula is C22H22N4O3. The van der Waals surface area contributed by atoms with Gasteiger partial charge in [-0.15, -0.1) is 0 Å². The van der Waals surface area contributed by atoms with E-state index < -0.39 is 0 Å². The molecule has 1 amide bonds. The van der Waals surface area contributed by atoms with E-state index in [0.717, 1.165) is 42.8 Å². The Labute approximate surface area is 168 Å². The summed E-state index contributed by atoms with van der Waals surface area (Å²) in [7, 11) is 0. The molecule has 29 heavy (non-hydrogen) atoms. The predicted octanol–water partition coefficient (Wildman–Crippen LogP) is 2.64. The van der Waals surface area contributed by atoms with Crippen molar-refractivity contribution in [1.82, 2.24) is 15.3 Å². The zero-order valence-electron chi connectivity index (χ0n) is 16.0. The highest BCUT2D eigenvalue weighted by molar-refractivity contribution is 5.96. The molecule has 3 fully saturated rings. The van der Waals surface area contributed by atoms with E-state index in [9.17, 15) is 4.79 Å². The average Bonchev–Trinajstić information content (AvgIpc) is 3.51. The maximum Gasteiger partial charge on any atom is 0.287 e. The van der Waals surface area contributed by atoms with Gasteiger partial charge in [0.1, 0.15) is 5.58 Å². The number of carbonyl (C=O) groups is 1. The summed E-state index contributed by atoms with van der Waals surface area (Å²) >= 11 is 0. The molecule has 0 radical (unpaired) electrons. The van der Waals surface area contributed by atoms with Gasteiger partial charge >= 0.3 is 0 Å². The lowest BCUT2D eigenvalue weighted by Gasteiger charge is -2.29. The van der Waals surface area contributed by atoms with Crippen LogP contribution >= 0.6 is 0 Å². The Morgan fingerprint density at radius 1 is 1.24 bits per heavy atom. The minimum atomic E-state index is -0.167. The van der Waals surface area contributed by atoms with Gasteiger partial charge in [0.15, 0.2) is 5.76 Å². The van der Waals surface area contributed by atoms with Gasteiger partial charge in [-0.05, 0) is 31.0 Å². The molecular weight excluding hydrogens is 368 g/mol. The molecule has 7 heteroatoms. The molecule has 2 bridgehead atoms. The van der Waals surface area contributed by atoms with E-state index in [-0.39, 0.29) is 17.6 Å².